The zero-order chi connectivity index (χ0) is 18.1. The van der Waals surface area contributed by atoms with E-state index in [0.717, 1.165) is 70.6 Å². The van der Waals surface area contributed by atoms with Gasteiger partial charge in [0.15, 0.2) is 5.96 Å². The number of aromatic nitrogens is 2. The molecule has 2 heterocycles. The Labute approximate surface area is 151 Å². The Morgan fingerprint density at radius 1 is 1.28 bits per heavy atom. The summed E-state index contributed by atoms with van der Waals surface area (Å²) in [6.45, 7) is 13.0. The highest BCUT2D eigenvalue weighted by molar-refractivity contribution is 5.79. The lowest BCUT2D eigenvalue weighted by Gasteiger charge is -2.41. The lowest BCUT2D eigenvalue weighted by atomic mass is 10.0. The van der Waals surface area contributed by atoms with E-state index in [1.54, 1.807) is 0 Å². The van der Waals surface area contributed by atoms with Gasteiger partial charge in [0, 0.05) is 57.7 Å². The van der Waals surface area contributed by atoms with Crippen molar-refractivity contribution in [2.24, 2.45) is 4.99 Å². The van der Waals surface area contributed by atoms with Crippen molar-refractivity contribution in [1.29, 1.82) is 0 Å². The first-order valence-corrected chi connectivity index (χ1v) is 9.28. The first-order valence-electron chi connectivity index (χ1n) is 9.28. The van der Waals surface area contributed by atoms with Gasteiger partial charge in [0.25, 0.3) is 0 Å². The van der Waals surface area contributed by atoms with Crippen molar-refractivity contribution in [3.05, 3.63) is 18.2 Å². The third-order valence-corrected chi connectivity index (χ3v) is 4.82. The minimum Gasteiger partial charge on any atom is -0.379 e. The monoisotopic (exact) mass is 350 g/mol. The maximum Gasteiger partial charge on any atom is 0.191 e. The van der Waals surface area contributed by atoms with E-state index in [2.05, 4.69) is 43.9 Å². The molecule has 0 atom stereocenters. The highest BCUT2D eigenvalue weighted by Crippen LogP contribution is 2.14. The van der Waals surface area contributed by atoms with Crippen LogP contribution < -0.4 is 10.6 Å². The molecule has 0 spiro atoms. The van der Waals surface area contributed by atoms with Gasteiger partial charge in [-0.05, 0) is 33.6 Å². The second-order valence-electron chi connectivity index (χ2n) is 7.14. The molecule has 142 valence electrons. The van der Waals surface area contributed by atoms with E-state index in [-0.39, 0.29) is 5.54 Å². The first-order chi connectivity index (χ1) is 12.0. The van der Waals surface area contributed by atoms with Crippen LogP contribution in [0.25, 0.3) is 0 Å². The van der Waals surface area contributed by atoms with Crippen LogP contribution in [0.2, 0.25) is 0 Å². The summed E-state index contributed by atoms with van der Waals surface area (Å²) < 4.78 is 7.64. The molecular weight excluding hydrogens is 316 g/mol. The summed E-state index contributed by atoms with van der Waals surface area (Å²) in [6.07, 6.45) is 6.12. The molecule has 0 bridgehead atoms. The Kier molecular flexibility index (Phi) is 7.71. The van der Waals surface area contributed by atoms with Crippen LogP contribution in [-0.2, 0) is 11.3 Å². The number of rotatable bonds is 8. The van der Waals surface area contributed by atoms with E-state index in [4.69, 9.17) is 4.74 Å². The lowest BCUT2D eigenvalue weighted by Crippen LogP contribution is -2.56. The van der Waals surface area contributed by atoms with Gasteiger partial charge in [0.2, 0.25) is 0 Å². The number of hydrogen-bond acceptors (Lipinski definition) is 4. The molecule has 0 aliphatic carbocycles. The van der Waals surface area contributed by atoms with Crippen LogP contribution in [0.3, 0.4) is 0 Å². The van der Waals surface area contributed by atoms with E-state index in [1.165, 1.54) is 0 Å². The van der Waals surface area contributed by atoms with Gasteiger partial charge in [0.1, 0.15) is 5.82 Å². The minimum absolute atomic E-state index is 0.0837. The molecule has 2 N–H and O–H groups in total. The van der Waals surface area contributed by atoms with Crippen molar-refractivity contribution < 1.29 is 4.74 Å². The van der Waals surface area contributed by atoms with E-state index in [0.29, 0.717) is 0 Å². The SMILES string of the molecule is CN=C(NCCCCn1ccnc1C)NCC(C)(C)N1CCOCC1. The summed E-state index contributed by atoms with van der Waals surface area (Å²) >= 11 is 0. The fraction of sp³-hybridized carbons (Fsp3) is 0.778. The van der Waals surface area contributed by atoms with Crippen LogP contribution in [0.4, 0.5) is 0 Å². The molecular formula is C18H34N6O. The van der Waals surface area contributed by atoms with Crippen LogP contribution in [0, 0.1) is 6.92 Å². The van der Waals surface area contributed by atoms with Crippen molar-refractivity contribution in [2.75, 3.05) is 46.4 Å². The van der Waals surface area contributed by atoms with Gasteiger partial charge in [-0.25, -0.2) is 4.98 Å². The predicted octanol–water partition coefficient (Wildman–Crippen LogP) is 1.25. The van der Waals surface area contributed by atoms with Crippen LogP contribution in [0.5, 0.6) is 0 Å². The average Bonchev–Trinajstić information content (AvgIpc) is 3.03. The number of ether oxygens (including phenoxy) is 1. The van der Waals surface area contributed by atoms with Crippen molar-refractivity contribution in [2.45, 2.75) is 45.7 Å². The Hall–Kier alpha value is -1.60. The third kappa shape index (κ3) is 6.32. The van der Waals surface area contributed by atoms with E-state index in [1.807, 2.05) is 26.4 Å². The molecule has 1 fully saturated rings. The number of aryl methyl sites for hydroxylation is 2. The second-order valence-corrected chi connectivity index (χ2v) is 7.14. The average molecular weight is 351 g/mol. The Balaban J connectivity index is 1.63. The van der Waals surface area contributed by atoms with Gasteiger partial charge in [-0.2, -0.15) is 0 Å². The quantitative estimate of drug-likeness (QED) is 0.420. The Morgan fingerprint density at radius 3 is 2.68 bits per heavy atom. The van der Waals surface area contributed by atoms with E-state index >= 15 is 0 Å². The van der Waals surface area contributed by atoms with E-state index < -0.39 is 0 Å². The van der Waals surface area contributed by atoms with Gasteiger partial charge in [-0.15, -0.1) is 0 Å². The molecule has 0 unspecified atom stereocenters. The number of unbranched alkanes of at least 4 members (excludes halogenated alkanes) is 1. The van der Waals surface area contributed by atoms with Crippen LogP contribution in [-0.4, -0.2) is 72.4 Å². The van der Waals surface area contributed by atoms with Crippen molar-refractivity contribution >= 4 is 5.96 Å². The molecule has 1 saturated heterocycles. The fourth-order valence-corrected chi connectivity index (χ4v) is 3.06. The first kappa shape index (κ1) is 19.7. The number of aliphatic imine (C=N–C) groups is 1. The summed E-state index contributed by atoms with van der Waals surface area (Å²) in [5.41, 5.74) is 0.0837. The summed E-state index contributed by atoms with van der Waals surface area (Å²) in [5.74, 6) is 1.95. The molecule has 2 rings (SSSR count). The second kappa shape index (κ2) is 9.77. The zero-order valence-electron chi connectivity index (χ0n) is 16.2. The number of imidazole rings is 1. The zero-order valence-corrected chi connectivity index (χ0v) is 16.2. The molecule has 0 radical (unpaired) electrons. The Morgan fingerprint density at radius 2 is 2.04 bits per heavy atom. The van der Waals surface area contributed by atoms with Crippen molar-refractivity contribution in [3.8, 4) is 0 Å². The lowest BCUT2D eigenvalue weighted by molar-refractivity contribution is -0.00833. The summed E-state index contributed by atoms with van der Waals surface area (Å²) in [7, 11) is 1.83. The highest BCUT2D eigenvalue weighted by atomic mass is 16.5. The summed E-state index contributed by atoms with van der Waals surface area (Å²) in [6, 6.07) is 0. The van der Waals surface area contributed by atoms with Crippen LogP contribution >= 0.6 is 0 Å². The molecule has 7 nitrogen and oxygen atoms in total. The van der Waals surface area contributed by atoms with Gasteiger partial charge < -0.3 is 19.9 Å². The van der Waals surface area contributed by atoms with Crippen molar-refractivity contribution in [1.82, 2.24) is 25.1 Å². The van der Waals surface area contributed by atoms with Crippen LogP contribution in [0.15, 0.2) is 17.4 Å². The number of morpholine rings is 1. The minimum atomic E-state index is 0.0837. The molecule has 0 aromatic carbocycles. The molecule has 1 aliphatic heterocycles. The maximum absolute atomic E-state index is 5.45. The molecule has 1 aliphatic rings. The standard InChI is InChI=1S/C18H34N6O/c1-16-20-8-10-23(16)9-6-5-7-21-17(19-4)22-15-18(2,3)24-11-13-25-14-12-24/h8,10H,5-7,9,11-15H2,1-4H3,(H2,19,21,22). The third-order valence-electron chi connectivity index (χ3n) is 4.82. The Bertz CT molecular complexity index is 533. The molecule has 1 aromatic rings. The maximum atomic E-state index is 5.45. The van der Waals surface area contributed by atoms with Gasteiger partial charge in [0.05, 0.1) is 13.2 Å². The van der Waals surface area contributed by atoms with E-state index in [9.17, 15) is 0 Å². The highest BCUT2D eigenvalue weighted by Gasteiger charge is 2.28. The molecule has 25 heavy (non-hydrogen) atoms. The van der Waals surface area contributed by atoms with Crippen LogP contribution in [0.1, 0.15) is 32.5 Å². The number of nitrogens with zero attached hydrogens (tertiary/aromatic N) is 4. The summed E-state index contributed by atoms with van der Waals surface area (Å²) in [5, 5.41) is 6.87. The fourth-order valence-electron chi connectivity index (χ4n) is 3.06. The number of guanidine groups is 1. The number of nitrogens with one attached hydrogen (secondary N) is 2. The predicted molar refractivity (Wildman–Crippen MR) is 102 cm³/mol. The van der Waals surface area contributed by atoms with Gasteiger partial charge in [-0.3, -0.25) is 9.89 Å². The molecule has 7 heteroatoms. The topological polar surface area (TPSA) is 66.7 Å². The van der Waals surface area contributed by atoms with Gasteiger partial charge >= 0.3 is 0 Å². The largest absolute Gasteiger partial charge is 0.379 e. The van der Waals surface area contributed by atoms with Gasteiger partial charge in [-0.1, -0.05) is 0 Å². The normalized spacial score (nSPS) is 16.9. The molecule has 0 saturated carbocycles. The van der Waals surface area contributed by atoms with Crippen molar-refractivity contribution in [3.63, 3.8) is 0 Å². The molecule has 1 aromatic heterocycles. The summed E-state index contributed by atoms with van der Waals surface area (Å²) in [4.78, 5) is 11.1. The smallest absolute Gasteiger partial charge is 0.191 e. The number of hydrogen-bond donors (Lipinski definition) is 2. The molecule has 0 amide bonds.